The molecule has 86 valence electrons. The Morgan fingerprint density at radius 1 is 1.44 bits per heavy atom. The summed E-state index contributed by atoms with van der Waals surface area (Å²) < 4.78 is 0. The average Bonchev–Trinajstić information content (AvgIpc) is 2.18. The Kier molecular flexibility index (Phi) is 3.38. The Balaban J connectivity index is 2.22. The summed E-state index contributed by atoms with van der Waals surface area (Å²) in [5.41, 5.74) is 0.462. The summed E-state index contributed by atoms with van der Waals surface area (Å²) in [6.07, 6.45) is 0. The van der Waals surface area contributed by atoms with Crippen molar-refractivity contribution in [2.24, 2.45) is 0 Å². The van der Waals surface area contributed by atoms with Crippen LogP contribution in [0, 0.1) is 0 Å². The second-order valence-electron chi connectivity index (χ2n) is 3.85. The maximum Gasteiger partial charge on any atom is 0.255 e. The van der Waals surface area contributed by atoms with Gasteiger partial charge >= 0.3 is 0 Å². The fourth-order valence-corrected chi connectivity index (χ4v) is 1.93. The average molecular weight is 259 g/mol. The molecule has 1 aromatic carbocycles. The molecule has 1 fully saturated rings. The molecule has 5 heteroatoms. The maximum atomic E-state index is 12.1. The number of benzene rings is 1. The normalized spacial score (nSPS) is 15.7. The quantitative estimate of drug-likeness (QED) is 0.881. The van der Waals surface area contributed by atoms with Gasteiger partial charge in [0.15, 0.2) is 0 Å². The molecule has 0 aliphatic carbocycles. The van der Waals surface area contributed by atoms with Gasteiger partial charge in [-0.05, 0) is 18.2 Å². The van der Waals surface area contributed by atoms with E-state index < -0.39 is 0 Å². The SMILES string of the molecule is CN(C(=O)c1cc(Cl)ccc1Cl)C1CNC1. The van der Waals surface area contributed by atoms with E-state index in [0.717, 1.165) is 13.1 Å². The van der Waals surface area contributed by atoms with Crippen molar-refractivity contribution in [1.82, 2.24) is 10.2 Å². The van der Waals surface area contributed by atoms with Crippen LogP contribution in [-0.2, 0) is 0 Å². The minimum atomic E-state index is -0.0843. The Morgan fingerprint density at radius 2 is 2.12 bits per heavy atom. The van der Waals surface area contributed by atoms with Gasteiger partial charge in [0.25, 0.3) is 5.91 Å². The predicted octanol–water partition coefficient (Wildman–Crippen LogP) is 2.04. The van der Waals surface area contributed by atoms with E-state index in [4.69, 9.17) is 23.2 Å². The number of carbonyl (C=O) groups excluding carboxylic acids is 1. The minimum absolute atomic E-state index is 0.0843. The third-order valence-electron chi connectivity index (χ3n) is 2.79. The van der Waals surface area contributed by atoms with Gasteiger partial charge in [-0.2, -0.15) is 0 Å². The first-order valence-electron chi connectivity index (χ1n) is 5.02. The molecule has 0 radical (unpaired) electrons. The van der Waals surface area contributed by atoms with Crippen molar-refractivity contribution in [2.45, 2.75) is 6.04 Å². The van der Waals surface area contributed by atoms with Crippen molar-refractivity contribution in [1.29, 1.82) is 0 Å². The molecule has 16 heavy (non-hydrogen) atoms. The van der Waals surface area contributed by atoms with E-state index in [1.165, 1.54) is 0 Å². The molecule has 0 aromatic heterocycles. The first-order valence-corrected chi connectivity index (χ1v) is 5.78. The lowest BCUT2D eigenvalue weighted by atomic mass is 10.1. The number of hydrogen-bond acceptors (Lipinski definition) is 2. The molecular formula is C11H12Cl2N2O. The van der Waals surface area contributed by atoms with E-state index >= 15 is 0 Å². The van der Waals surface area contributed by atoms with Crippen LogP contribution in [0.2, 0.25) is 10.0 Å². The highest BCUT2D eigenvalue weighted by molar-refractivity contribution is 6.35. The molecule has 0 saturated carbocycles. The van der Waals surface area contributed by atoms with Crippen LogP contribution in [0.25, 0.3) is 0 Å². The largest absolute Gasteiger partial charge is 0.336 e. The molecule has 0 atom stereocenters. The van der Waals surface area contributed by atoms with Crippen LogP contribution >= 0.6 is 23.2 Å². The fraction of sp³-hybridized carbons (Fsp3) is 0.364. The third-order valence-corrected chi connectivity index (χ3v) is 3.35. The van der Waals surface area contributed by atoms with Crippen LogP contribution in [0.5, 0.6) is 0 Å². The summed E-state index contributed by atoms with van der Waals surface area (Å²) in [7, 11) is 1.78. The zero-order valence-electron chi connectivity index (χ0n) is 8.84. The van der Waals surface area contributed by atoms with Crippen LogP contribution < -0.4 is 5.32 Å². The standard InChI is InChI=1S/C11H12Cl2N2O/c1-15(8-5-14-6-8)11(16)9-4-7(12)2-3-10(9)13/h2-4,8,14H,5-6H2,1H3. The molecule has 3 nitrogen and oxygen atoms in total. The monoisotopic (exact) mass is 258 g/mol. The first-order chi connectivity index (χ1) is 7.59. The lowest BCUT2D eigenvalue weighted by Gasteiger charge is -2.35. The molecule has 0 unspecified atom stereocenters. The highest BCUT2D eigenvalue weighted by Crippen LogP contribution is 2.22. The molecular weight excluding hydrogens is 247 g/mol. The maximum absolute atomic E-state index is 12.1. The van der Waals surface area contributed by atoms with Crippen LogP contribution in [0.15, 0.2) is 18.2 Å². The van der Waals surface area contributed by atoms with Gasteiger partial charge in [0.2, 0.25) is 0 Å². The van der Waals surface area contributed by atoms with Gasteiger partial charge in [-0.3, -0.25) is 4.79 Å². The Bertz CT molecular complexity index is 418. The highest BCUT2D eigenvalue weighted by atomic mass is 35.5. The molecule has 2 rings (SSSR count). The van der Waals surface area contributed by atoms with Gasteiger partial charge < -0.3 is 10.2 Å². The molecule has 0 bridgehead atoms. The fourth-order valence-electron chi connectivity index (χ4n) is 1.56. The van der Waals surface area contributed by atoms with Crippen LogP contribution in [0.4, 0.5) is 0 Å². The lowest BCUT2D eigenvalue weighted by molar-refractivity contribution is 0.0681. The van der Waals surface area contributed by atoms with E-state index in [1.807, 2.05) is 0 Å². The van der Waals surface area contributed by atoms with E-state index in [1.54, 1.807) is 30.1 Å². The van der Waals surface area contributed by atoms with Gasteiger partial charge in [0.05, 0.1) is 16.6 Å². The molecule has 1 N–H and O–H groups in total. The first kappa shape index (κ1) is 11.7. The Labute approximate surface area is 104 Å². The molecule has 1 saturated heterocycles. The molecule has 0 spiro atoms. The van der Waals surface area contributed by atoms with Gasteiger partial charge in [0, 0.05) is 25.2 Å². The Hall–Kier alpha value is -0.770. The van der Waals surface area contributed by atoms with Crippen molar-refractivity contribution in [3.8, 4) is 0 Å². The van der Waals surface area contributed by atoms with Crippen molar-refractivity contribution in [3.63, 3.8) is 0 Å². The van der Waals surface area contributed by atoms with E-state index in [2.05, 4.69) is 5.32 Å². The van der Waals surface area contributed by atoms with Crippen molar-refractivity contribution >= 4 is 29.1 Å². The molecule has 1 aliphatic heterocycles. The van der Waals surface area contributed by atoms with E-state index in [-0.39, 0.29) is 11.9 Å². The van der Waals surface area contributed by atoms with E-state index in [9.17, 15) is 4.79 Å². The summed E-state index contributed by atoms with van der Waals surface area (Å²) in [6.45, 7) is 1.67. The second kappa shape index (κ2) is 4.62. The van der Waals surface area contributed by atoms with Gasteiger partial charge in [-0.1, -0.05) is 23.2 Å². The third kappa shape index (κ3) is 2.17. The number of halogens is 2. The van der Waals surface area contributed by atoms with Crippen molar-refractivity contribution < 1.29 is 4.79 Å². The number of amides is 1. The lowest BCUT2D eigenvalue weighted by Crippen LogP contribution is -2.57. The van der Waals surface area contributed by atoms with Gasteiger partial charge in [-0.25, -0.2) is 0 Å². The smallest absolute Gasteiger partial charge is 0.255 e. The number of nitrogens with zero attached hydrogens (tertiary/aromatic N) is 1. The highest BCUT2D eigenvalue weighted by Gasteiger charge is 2.27. The molecule has 1 aromatic rings. The molecule has 1 aliphatic rings. The predicted molar refractivity (Wildman–Crippen MR) is 65.2 cm³/mol. The topological polar surface area (TPSA) is 32.3 Å². The van der Waals surface area contributed by atoms with Gasteiger partial charge in [0.1, 0.15) is 0 Å². The number of hydrogen-bond donors (Lipinski definition) is 1. The summed E-state index contributed by atoms with van der Waals surface area (Å²) >= 11 is 11.8. The van der Waals surface area contributed by atoms with Crippen molar-refractivity contribution in [3.05, 3.63) is 33.8 Å². The van der Waals surface area contributed by atoms with E-state index in [0.29, 0.717) is 15.6 Å². The molecule has 1 amide bonds. The van der Waals surface area contributed by atoms with Crippen LogP contribution in [0.1, 0.15) is 10.4 Å². The number of rotatable bonds is 2. The molecule has 1 heterocycles. The van der Waals surface area contributed by atoms with Crippen molar-refractivity contribution in [2.75, 3.05) is 20.1 Å². The summed E-state index contributed by atoms with van der Waals surface area (Å²) in [5.74, 6) is -0.0843. The van der Waals surface area contributed by atoms with Crippen LogP contribution in [-0.4, -0.2) is 37.0 Å². The van der Waals surface area contributed by atoms with Gasteiger partial charge in [-0.15, -0.1) is 0 Å². The minimum Gasteiger partial charge on any atom is -0.336 e. The summed E-state index contributed by atoms with van der Waals surface area (Å²) in [4.78, 5) is 13.8. The zero-order valence-corrected chi connectivity index (χ0v) is 10.3. The Morgan fingerprint density at radius 3 is 2.69 bits per heavy atom. The number of likely N-dealkylation sites (N-methyl/N-ethyl adjacent to an activating group) is 1. The van der Waals surface area contributed by atoms with Crippen LogP contribution in [0.3, 0.4) is 0 Å². The summed E-state index contributed by atoms with van der Waals surface area (Å²) in [5, 5.41) is 4.08. The number of nitrogens with one attached hydrogen (secondary N) is 1. The summed E-state index contributed by atoms with van der Waals surface area (Å²) in [6, 6.07) is 5.17. The second-order valence-corrected chi connectivity index (χ2v) is 4.70. The zero-order chi connectivity index (χ0) is 11.7. The number of carbonyl (C=O) groups is 1.